The number of phenols is 1. The molecule has 1 fully saturated rings. The van der Waals surface area contributed by atoms with E-state index in [0.717, 1.165) is 39.3 Å². The van der Waals surface area contributed by atoms with Crippen LogP contribution in [0.5, 0.6) is 5.75 Å². The number of hydrogen-bond acceptors (Lipinski definition) is 8. The van der Waals surface area contributed by atoms with Crippen molar-refractivity contribution in [3.05, 3.63) is 141 Å². The minimum Gasteiger partial charge on any atom is -0.508 e. The van der Waals surface area contributed by atoms with Gasteiger partial charge >= 0.3 is 0 Å². The van der Waals surface area contributed by atoms with Crippen LogP contribution in [0.2, 0.25) is 10.1 Å². The van der Waals surface area contributed by atoms with E-state index in [1.807, 2.05) is 42.5 Å². The molecule has 0 spiro atoms. The first kappa shape index (κ1) is 42.7. The molecule has 3 N–H and O–H groups in total. The normalized spacial score (nSPS) is 19.4. The number of aromatic hydroxyl groups is 1. The number of rotatable bonds is 15. The number of phenolic OH excluding ortho intramolecular Hbond substituents is 1. The number of carbonyl (C=O) groups excluding carboxylic acids is 2. The van der Waals surface area contributed by atoms with Gasteiger partial charge in [-0.15, -0.1) is 0 Å². The lowest BCUT2D eigenvalue weighted by Gasteiger charge is -2.44. The van der Waals surface area contributed by atoms with Crippen LogP contribution in [0, 0.1) is 27.9 Å². The second-order valence-corrected chi connectivity index (χ2v) is 21.0. The van der Waals surface area contributed by atoms with Crippen LogP contribution in [0.1, 0.15) is 65.4 Å². The largest absolute Gasteiger partial charge is 0.508 e. The zero-order chi connectivity index (χ0) is 41.8. The zero-order valence-electron chi connectivity index (χ0n) is 33.3. The number of benzene rings is 4. The van der Waals surface area contributed by atoms with Crippen molar-refractivity contribution >= 4 is 59.6 Å². The van der Waals surface area contributed by atoms with Crippen molar-refractivity contribution in [1.82, 2.24) is 0 Å². The van der Waals surface area contributed by atoms with Crippen molar-refractivity contribution in [2.24, 2.45) is 17.8 Å². The summed E-state index contributed by atoms with van der Waals surface area (Å²) in [7, 11) is -3.12. The lowest BCUT2D eigenvalue weighted by atomic mass is 9.68. The SMILES string of the molecule is CCC/C(=C\c1ccc(O)cc1Cl)CC[C@@H](O)C1=C(CO[Si](c2ccccc2)(c2ccccc2)C(C)(C)C)C[C@H]2C(=O)N(c3cccc([N+](=O)[O-])c3)C(=O)[C@H]2[C@H]1CO. The summed E-state index contributed by atoms with van der Waals surface area (Å²) in [6.07, 6.45) is 3.25. The van der Waals surface area contributed by atoms with E-state index in [-0.39, 0.29) is 41.6 Å². The maximum absolute atomic E-state index is 14.4. The first-order valence-electron chi connectivity index (χ1n) is 19.8. The average Bonchev–Trinajstić information content (AvgIpc) is 3.45. The summed E-state index contributed by atoms with van der Waals surface area (Å²) < 4.78 is 7.37. The Labute approximate surface area is 345 Å². The maximum atomic E-state index is 14.4. The van der Waals surface area contributed by atoms with E-state index in [2.05, 4.69) is 52.0 Å². The fourth-order valence-corrected chi connectivity index (χ4v) is 13.7. The number of allylic oxidation sites excluding steroid dienone is 1. The Morgan fingerprint density at radius 3 is 2.19 bits per heavy atom. The fourth-order valence-electron chi connectivity index (χ4n) is 8.97. The number of fused-ring (bicyclic) bond motifs is 1. The minimum absolute atomic E-state index is 0.0401. The van der Waals surface area contributed by atoms with E-state index in [9.17, 15) is 35.0 Å². The number of non-ortho nitro benzene ring substituents is 1. The second kappa shape index (κ2) is 17.9. The smallest absolute Gasteiger partial charge is 0.271 e. The second-order valence-electron chi connectivity index (χ2n) is 16.2. The number of hydrogen-bond donors (Lipinski definition) is 3. The third-order valence-electron chi connectivity index (χ3n) is 11.6. The molecule has 2 aliphatic rings. The van der Waals surface area contributed by atoms with E-state index in [1.165, 1.54) is 30.3 Å². The average molecular weight is 823 g/mol. The van der Waals surface area contributed by atoms with Gasteiger partial charge in [-0.2, -0.15) is 0 Å². The molecular formula is C46H51ClN2O8Si. The Kier molecular flexibility index (Phi) is 13.2. The van der Waals surface area contributed by atoms with E-state index < -0.39 is 55.5 Å². The summed E-state index contributed by atoms with van der Waals surface area (Å²) in [4.78, 5) is 40.8. The molecule has 4 aromatic carbocycles. The van der Waals surface area contributed by atoms with Crippen molar-refractivity contribution in [2.45, 2.75) is 70.9 Å². The number of nitrogens with zero attached hydrogens (tertiary/aromatic N) is 2. The number of nitro benzene ring substituents is 1. The van der Waals surface area contributed by atoms with Crippen molar-refractivity contribution in [3.8, 4) is 5.75 Å². The molecule has 10 nitrogen and oxygen atoms in total. The molecule has 2 amide bonds. The van der Waals surface area contributed by atoms with Crippen molar-refractivity contribution < 1.29 is 34.3 Å². The molecule has 1 heterocycles. The predicted octanol–water partition coefficient (Wildman–Crippen LogP) is 7.97. The Bertz CT molecular complexity index is 2160. The zero-order valence-corrected chi connectivity index (χ0v) is 35.1. The number of aliphatic hydroxyl groups excluding tert-OH is 2. The molecule has 0 saturated carbocycles. The van der Waals surface area contributed by atoms with Crippen molar-refractivity contribution in [1.29, 1.82) is 0 Å². The lowest BCUT2D eigenvalue weighted by molar-refractivity contribution is -0.384. The first-order chi connectivity index (χ1) is 27.7. The van der Waals surface area contributed by atoms with Gasteiger partial charge in [-0.3, -0.25) is 19.7 Å². The molecule has 1 aliphatic heterocycles. The molecule has 58 heavy (non-hydrogen) atoms. The summed E-state index contributed by atoms with van der Waals surface area (Å²) in [5.74, 6) is -3.82. The van der Waals surface area contributed by atoms with Gasteiger partial charge < -0.3 is 19.7 Å². The van der Waals surface area contributed by atoms with Gasteiger partial charge in [0.1, 0.15) is 5.75 Å². The monoisotopic (exact) mass is 822 g/mol. The first-order valence-corrected chi connectivity index (χ1v) is 22.1. The highest BCUT2D eigenvalue weighted by atomic mass is 35.5. The summed E-state index contributed by atoms with van der Waals surface area (Å²) in [5.41, 5.74) is 2.74. The third-order valence-corrected chi connectivity index (χ3v) is 16.9. The minimum atomic E-state index is -3.12. The molecule has 1 aliphatic carbocycles. The predicted molar refractivity (Wildman–Crippen MR) is 230 cm³/mol. The van der Waals surface area contributed by atoms with Gasteiger partial charge in [0.25, 0.3) is 14.0 Å². The van der Waals surface area contributed by atoms with Gasteiger partial charge in [-0.1, -0.05) is 124 Å². The number of imide groups is 1. The molecule has 304 valence electrons. The summed E-state index contributed by atoms with van der Waals surface area (Å²) in [6, 6.07) is 30.5. The van der Waals surface area contributed by atoms with Crippen LogP contribution in [-0.2, 0) is 14.0 Å². The lowest BCUT2D eigenvalue weighted by Crippen LogP contribution is -2.66. The number of halogens is 1. The molecule has 12 heteroatoms. The van der Waals surface area contributed by atoms with E-state index >= 15 is 0 Å². The van der Waals surface area contributed by atoms with Gasteiger partial charge in [0.05, 0.1) is 46.8 Å². The van der Waals surface area contributed by atoms with Crippen LogP contribution in [0.15, 0.2) is 120 Å². The van der Waals surface area contributed by atoms with Crippen LogP contribution < -0.4 is 15.3 Å². The molecule has 0 radical (unpaired) electrons. The van der Waals surface area contributed by atoms with Crippen LogP contribution in [0.3, 0.4) is 0 Å². The van der Waals surface area contributed by atoms with Crippen molar-refractivity contribution in [3.63, 3.8) is 0 Å². The number of aliphatic hydroxyl groups is 2. The van der Waals surface area contributed by atoms with Crippen LogP contribution in [0.4, 0.5) is 11.4 Å². The molecule has 4 aromatic rings. The molecule has 0 bridgehead atoms. The molecule has 1 saturated heterocycles. The van der Waals surface area contributed by atoms with Gasteiger partial charge in [-0.05, 0) is 82.1 Å². The maximum Gasteiger partial charge on any atom is 0.271 e. The Morgan fingerprint density at radius 2 is 1.62 bits per heavy atom. The number of nitro groups is 1. The highest BCUT2D eigenvalue weighted by Crippen LogP contribution is 2.48. The molecule has 0 aromatic heterocycles. The highest BCUT2D eigenvalue weighted by molar-refractivity contribution is 6.99. The highest BCUT2D eigenvalue weighted by Gasteiger charge is 2.56. The Hall–Kier alpha value is -4.91. The quantitative estimate of drug-likeness (QED) is 0.0359. The standard InChI is InChI=1S/C46H51ClN2O8Si/c1-5-13-30(24-31-21-22-35(51)27-40(31)47)20-23-41(52)42-32(29-57-58(46(2,3)4,36-16-8-6-9-17-36)37-18-10-7-11-19-37)25-38-43(39(42)28-50)45(54)48(44(38)53)33-14-12-15-34(26-33)49(55)56/h6-12,14-19,21-22,24,26-27,38-39,41,43,50-52H,5,13,20,23,25,28-29H2,1-4H3/b30-24+/t38-,39+,41-,43-/m1/s1. The van der Waals surface area contributed by atoms with Gasteiger partial charge in [0.15, 0.2) is 0 Å². The summed E-state index contributed by atoms with van der Waals surface area (Å²) in [5, 5.41) is 47.2. The summed E-state index contributed by atoms with van der Waals surface area (Å²) in [6.45, 7) is 8.07. The Morgan fingerprint density at radius 1 is 0.966 bits per heavy atom. The molecule has 4 atom stereocenters. The topological polar surface area (TPSA) is 150 Å². The van der Waals surface area contributed by atoms with Gasteiger partial charge in [-0.25, -0.2) is 4.90 Å². The van der Waals surface area contributed by atoms with E-state index in [0.29, 0.717) is 22.6 Å². The van der Waals surface area contributed by atoms with Crippen LogP contribution >= 0.6 is 11.6 Å². The van der Waals surface area contributed by atoms with E-state index in [1.54, 1.807) is 12.1 Å². The van der Waals surface area contributed by atoms with E-state index in [4.69, 9.17) is 16.0 Å². The Balaban J connectivity index is 1.44. The third kappa shape index (κ3) is 8.46. The number of anilines is 1. The molecular weight excluding hydrogens is 772 g/mol. The van der Waals surface area contributed by atoms with Crippen LogP contribution in [-0.4, -0.2) is 59.7 Å². The van der Waals surface area contributed by atoms with Gasteiger partial charge in [0, 0.05) is 18.1 Å². The van der Waals surface area contributed by atoms with Crippen LogP contribution in [0.25, 0.3) is 6.08 Å². The number of amides is 2. The molecule has 0 unspecified atom stereocenters. The number of carbonyl (C=O) groups is 2. The fraction of sp³-hybridized carbons (Fsp3) is 0.348. The van der Waals surface area contributed by atoms with Gasteiger partial charge in [0.2, 0.25) is 11.8 Å². The summed E-state index contributed by atoms with van der Waals surface area (Å²) >= 11 is 6.47. The molecule has 6 rings (SSSR count). The van der Waals surface area contributed by atoms with Crippen molar-refractivity contribution in [2.75, 3.05) is 18.1 Å².